The zero-order valence-corrected chi connectivity index (χ0v) is 18.2. The fraction of sp³-hybridized carbons (Fsp3) is 0.524. The molecule has 2 aromatic heterocycles. The number of ether oxygens (including phenoxy) is 1. The van der Waals surface area contributed by atoms with Crippen LogP contribution >= 0.6 is 11.3 Å². The number of carbonyl (C=O) groups excluding carboxylic acids is 1. The molecule has 5 rings (SSSR count). The van der Waals surface area contributed by atoms with Crippen molar-refractivity contribution in [3.8, 4) is 0 Å². The Hall–Kier alpha value is -2.36. The molecule has 0 atom stereocenters. The fourth-order valence-electron chi connectivity index (χ4n) is 4.11. The van der Waals surface area contributed by atoms with Crippen molar-refractivity contribution in [1.82, 2.24) is 24.6 Å². The standard InChI is InChI=1S/C21H26N6O2S/c1-14-5-6-16-18(15(14)2)22-21(30-16)27(9-8-25-10-12-29-13-11-25)20(28)19-24-23-17-4-3-7-26(17)19/h5-6H,3-4,7-13H2,1-2H3. The molecule has 4 heterocycles. The smallest absolute Gasteiger partial charge is 0.298 e. The van der Waals surface area contributed by atoms with Gasteiger partial charge in [-0.1, -0.05) is 17.4 Å². The molecule has 1 amide bonds. The molecule has 2 aliphatic heterocycles. The first kappa shape index (κ1) is 19.6. The number of hydrogen-bond acceptors (Lipinski definition) is 7. The van der Waals surface area contributed by atoms with Gasteiger partial charge in [-0.05, 0) is 37.5 Å². The van der Waals surface area contributed by atoms with Gasteiger partial charge in [0.15, 0.2) is 5.13 Å². The maximum Gasteiger partial charge on any atom is 0.298 e. The average Bonchev–Trinajstić information content (AvgIpc) is 3.47. The van der Waals surface area contributed by atoms with Crippen LogP contribution in [0.1, 0.15) is 34.0 Å². The summed E-state index contributed by atoms with van der Waals surface area (Å²) in [6, 6.07) is 4.21. The Balaban J connectivity index is 1.48. The van der Waals surface area contributed by atoms with Crippen molar-refractivity contribution < 1.29 is 9.53 Å². The zero-order valence-electron chi connectivity index (χ0n) is 17.4. The summed E-state index contributed by atoms with van der Waals surface area (Å²) in [4.78, 5) is 22.6. The van der Waals surface area contributed by atoms with Crippen molar-refractivity contribution in [2.75, 3.05) is 44.3 Å². The monoisotopic (exact) mass is 426 g/mol. The number of morpholine rings is 1. The van der Waals surface area contributed by atoms with Crippen LogP contribution in [-0.2, 0) is 17.7 Å². The van der Waals surface area contributed by atoms with Gasteiger partial charge in [0.1, 0.15) is 5.82 Å². The molecule has 1 fully saturated rings. The number of aromatic nitrogens is 4. The molecule has 158 valence electrons. The Morgan fingerprint density at radius 1 is 1.20 bits per heavy atom. The van der Waals surface area contributed by atoms with Gasteiger partial charge >= 0.3 is 0 Å². The largest absolute Gasteiger partial charge is 0.379 e. The third-order valence-corrected chi connectivity index (χ3v) is 7.14. The van der Waals surface area contributed by atoms with Crippen LogP contribution in [0.4, 0.5) is 5.13 Å². The molecule has 1 aromatic carbocycles. The molecular weight excluding hydrogens is 400 g/mol. The highest BCUT2D eigenvalue weighted by molar-refractivity contribution is 7.22. The first-order valence-electron chi connectivity index (χ1n) is 10.5. The predicted molar refractivity (Wildman–Crippen MR) is 116 cm³/mol. The summed E-state index contributed by atoms with van der Waals surface area (Å²) < 4.78 is 8.52. The third-order valence-electron chi connectivity index (χ3n) is 6.09. The highest BCUT2D eigenvalue weighted by atomic mass is 32.1. The summed E-state index contributed by atoms with van der Waals surface area (Å²) in [5.74, 6) is 1.22. The summed E-state index contributed by atoms with van der Waals surface area (Å²) in [7, 11) is 0. The number of carbonyl (C=O) groups is 1. The Morgan fingerprint density at radius 2 is 2.03 bits per heavy atom. The Kier molecular flexibility index (Phi) is 5.26. The van der Waals surface area contributed by atoms with Gasteiger partial charge in [-0.2, -0.15) is 0 Å². The van der Waals surface area contributed by atoms with Gasteiger partial charge in [0.2, 0.25) is 5.82 Å². The summed E-state index contributed by atoms with van der Waals surface area (Å²) in [5.41, 5.74) is 3.35. The lowest BCUT2D eigenvalue weighted by atomic mass is 10.1. The van der Waals surface area contributed by atoms with Crippen LogP contribution in [0.5, 0.6) is 0 Å². The quantitative estimate of drug-likeness (QED) is 0.624. The van der Waals surface area contributed by atoms with Crippen molar-refractivity contribution in [2.45, 2.75) is 33.2 Å². The van der Waals surface area contributed by atoms with Crippen molar-refractivity contribution in [1.29, 1.82) is 0 Å². The van der Waals surface area contributed by atoms with Gasteiger partial charge in [0, 0.05) is 39.1 Å². The molecule has 8 nitrogen and oxygen atoms in total. The number of fused-ring (bicyclic) bond motifs is 2. The Bertz CT molecular complexity index is 1080. The number of anilines is 1. The summed E-state index contributed by atoms with van der Waals surface area (Å²) in [6.45, 7) is 9.60. The van der Waals surface area contributed by atoms with Crippen molar-refractivity contribution in [3.05, 3.63) is 34.9 Å². The third kappa shape index (κ3) is 3.51. The van der Waals surface area contributed by atoms with Crippen LogP contribution in [0.15, 0.2) is 12.1 Å². The lowest BCUT2D eigenvalue weighted by Crippen LogP contribution is -2.43. The van der Waals surface area contributed by atoms with Crippen molar-refractivity contribution in [2.24, 2.45) is 0 Å². The molecule has 0 aliphatic carbocycles. The predicted octanol–water partition coefficient (Wildman–Crippen LogP) is 2.43. The van der Waals surface area contributed by atoms with Crippen LogP contribution in [0.2, 0.25) is 0 Å². The topological polar surface area (TPSA) is 76.4 Å². The lowest BCUT2D eigenvalue weighted by Gasteiger charge is -2.29. The van der Waals surface area contributed by atoms with Crippen LogP contribution in [0.25, 0.3) is 10.2 Å². The number of hydrogen-bond donors (Lipinski definition) is 0. The second-order valence-electron chi connectivity index (χ2n) is 7.96. The van der Waals surface area contributed by atoms with Crippen molar-refractivity contribution >= 4 is 32.6 Å². The van der Waals surface area contributed by atoms with E-state index in [0.29, 0.717) is 12.4 Å². The van der Waals surface area contributed by atoms with E-state index in [-0.39, 0.29) is 5.91 Å². The molecule has 0 spiro atoms. The highest BCUT2D eigenvalue weighted by Crippen LogP contribution is 2.32. The highest BCUT2D eigenvalue weighted by Gasteiger charge is 2.29. The van der Waals surface area contributed by atoms with Crippen LogP contribution in [0.3, 0.4) is 0 Å². The second kappa shape index (κ2) is 8.05. The molecule has 3 aromatic rings. The normalized spacial score (nSPS) is 16.9. The molecule has 0 unspecified atom stereocenters. The van der Waals surface area contributed by atoms with Gasteiger partial charge < -0.3 is 9.30 Å². The molecular formula is C21H26N6O2S. The maximum atomic E-state index is 13.6. The van der Waals surface area contributed by atoms with E-state index in [9.17, 15) is 4.79 Å². The van der Waals surface area contributed by atoms with E-state index in [0.717, 1.165) is 73.4 Å². The van der Waals surface area contributed by atoms with Crippen LogP contribution in [0, 0.1) is 13.8 Å². The average molecular weight is 427 g/mol. The number of aryl methyl sites for hydroxylation is 3. The van der Waals surface area contributed by atoms with Gasteiger partial charge in [-0.25, -0.2) is 4.98 Å². The number of thiazole rings is 1. The number of benzene rings is 1. The van der Waals surface area contributed by atoms with E-state index in [1.165, 1.54) is 11.1 Å². The first-order valence-corrected chi connectivity index (χ1v) is 11.3. The number of amides is 1. The minimum Gasteiger partial charge on any atom is -0.379 e. The van der Waals surface area contributed by atoms with Gasteiger partial charge in [0.05, 0.1) is 23.4 Å². The summed E-state index contributed by atoms with van der Waals surface area (Å²) >= 11 is 1.57. The Labute approximate surface area is 179 Å². The summed E-state index contributed by atoms with van der Waals surface area (Å²) in [5, 5.41) is 9.19. The second-order valence-corrected chi connectivity index (χ2v) is 8.97. The van der Waals surface area contributed by atoms with Gasteiger partial charge in [0.25, 0.3) is 5.91 Å². The number of rotatable bonds is 5. The number of nitrogens with zero attached hydrogens (tertiary/aromatic N) is 6. The minimum absolute atomic E-state index is 0.114. The first-order chi connectivity index (χ1) is 14.6. The van der Waals surface area contributed by atoms with Gasteiger partial charge in [-0.3, -0.25) is 14.6 Å². The molecule has 0 radical (unpaired) electrons. The maximum absolute atomic E-state index is 13.6. The fourth-order valence-corrected chi connectivity index (χ4v) is 5.16. The van der Waals surface area contributed by atoms with Crippen LogP contribution < -0.4 is 4.90 Å². The van der Waals surface area contributed by atoms with E-state index in [1.807, 2.05) is 4.57 Å². The molecule has 2 aliphatic rings. The molecule has 30 heavy (non-hydrogen) atoms. The summed E-state index contributed by atoms with van der Waals surface area (Å²) in [6.07, 6.45) is 1.90. The van der Waals surface area contributed by atoms with E-state index in [1.54, 1.807) is 16.2 Å². The SMILES string of the molecule is Cc1ccc2sc(N(CCN3CCOCC3)C(=O)c3nnc4n3CCC4)nc2c1C. The van der Waals surface area contributed by atoms with Crippen molar-refractivity contribution in [3.63, 3.8) is 0 Å². The Morgan fingerprint density at radius 3 is 2.87 bits per heavy atom. The molecule has 0 N–H and O–H groups in total. The van der Waals surface area contributed by atoms with Gasteiger partial charge in [-0.15, -0.1) is 10.2 Å². The molecule has 0 bridgehead atoms. The van der Waals surface area contributed by atoms with E-state index >= 15 is 0 Å². The molecule has 0 saturated carbocycles. The van der Waals surface area contributed by atoms with E-state index < -0.39 is 0 Å². The van der Waals surface area contributed by atoms with E-state index in [4.69, 9.17) is 9.72 Å². The lowest BCUT2D eigenvalue weighted by molar-refractivity contribution is 0.0390. The minimum atomic E-state index is -0.114. The molecule has 1 saturated heterocycles. The van der Waals surface area contributed by atoms with E-state index in [2.05, 4.69) is 41.1 Å². The molecule has 9 heteroatoms. The van der Waals surface area contributed by atoms with Crippen LogP contribution in [-0.4, -0.2) is 69.9 Å². The zero-order chi connectivity index (χ0) is 20.7.